The standard InChI is InChI=1S/C14H19IN2/c1-10-2-5-12(15)8-14(10)17-7-6-16-13(9-17)11-3-4-11/h2,5,8,11,13,16H,3-4,6-7,9H2,1H3. The van der Waals surface area contributed by atoms with E-state index >= 15 is 0 Å². The molecule has 1 saturated carbocycles. The molecular formula is C14H19IN2. The molecule has 1 aromatic rings. The van der Waals surface area contributed by atoms with Crippen LogP contribution in [-0.4, -0.2) is 25.7 Å². The predicted molar refractivity (Wildman–Crippen MR) is 80.6 cm³/mol. The predicted octanol–water partition coefficient (Wildman–Crippen LogP) is 2.79. The van der Waals surface area contributed by atoms with Crippen LogP contribution in [-0.2, 0) is 0 Å². The molecule has 3 rings (SSSR count). The number of anilines is 1. The van der Waals surface area contributed by atoms with Crippen LogP contribution in [0.25, 0.3) is 0 Å². The van der Waals surface area contributed by atoms with E-state index in [1.54, 1.807) is 0 Å². The maximum Gasteiger partial charge on any atom is 0.0407 e. The zero-order chi connectivity index (χ0) is 11.8. The first-order valence-electron chi connectivity index (χ1n) is 6.48. The first-order valence-corrected chi connectivity index (χ1v) is 7.56. The zero-order valence-corrected chi connectivity index (χ0v) is 12.4. The van der Waals surface area contributed by atoms with E-state index in [0.29, 0.717) is 0 Å². The SMILES string of the molecule is Cc1ccc(I)cc1N1CCNC(C2CC2)C1. The molecule has 92 valence electrons. The molecule has 2 nitrogen and oxygen atoms in total. The van der Waals surface area contributed by atoms with Crippen LogP contribution < -0.4 is 10.2 Å². The van der Waals surface area contributed by atoms with Gasteiger partial charge in [-0.05, 0) is 66.0 Å². The normalized spacial score (nSPS) is 25.1. The minimum absolute atomic E-state index is 0.723. The summed E-state index contributed by atoms with van der Waals surface area (Å²) in [5.41, 5.74) is 2.84. The number of halogens is 1. The van der Waals surface area contributed by atoms with Crippen molar-refractivity contribution in [1.82, 2.24) is 5.32 Å². The smallest absolute Gasteiger partial charge is 0.0407 e. The molecule has 0 radical (unpaired) electrons. The fourth-order valence-corrected chi connectivity index (χ4v) is 3.21. The fourth-order valence-electron chi connectivity index (χ4n) is 2.73. The topological polar surface area (TPSA) is 15.3 Å². The molecule has 1 N–H and O–H groups in total. The Labute approximate surface area is 117 Å². The summed E-state index contributed by atoms with van der Waals surface area (Å²) in [4.78, 5) is 2.57. The number of aryl methyl sites for hydroxylation is 1. The maximum absolute atomic E-state index is 3.67. The number of nitrogens with zero attached hydrogens (tertiary/aromatic N) is 1. The van der Waals surface area contributed by atoms with Gasteiger partial charge in [0, 0.05) is 34.9 Å². The highest BCUT2D eigenvalue weighted by molar-refractivity contribution is 14.1. The van der Waals surface area contributed by atoms with Crippen molar-refractivity contribution in [1.29, 1.82) is 0 Å². The van der Waals surface area contributed by atoms with E-state index in [9.17, 15) is 0 Å². The van der Waals surface area contributed by atoms with Crippen LogP contribution in [0, 0.1) is 16.4 Å². The molecule has 0 amide bonds. The summed E-state index contributed by atoms with van der Waals surface area (Å²) in [5, 5.41) is 3.67. The Morgan fingerprint density at radius 1 is 1.35 bits per heavy atom. The van der Waals surface area contributed by atoms with E-state index < -0.39 is 0 Å². The van der Waals surface area contributed by atoms with E-state index in [-0.39, 0.29) is 0 Å². The average Bonchev–Trinajstić information content (AvgIpc) is 3.17. The van der Waals surface area contributed by atoms with Gasteiger partial charge in [-0.25, -0.2) is 0 Å². The van der Waals surface area contributed by atoms with Gasteiger partial charge in [-0.1, -0.05) is 6.07 Å². The number of nitrogens with one attached hydrogen (secondary N) is 1. The molecule has 17 heavy (non-hydrogen) atoms. The quantitative estimate of drug-likeness (QED) is 0.832. The van der Waals surface area contributed by atoms with Crippen molar-refractivity contribution in [2.75, 3.05) is 24.5 Å². The van der Waals surface area contributed by atoms with Crippen molar-refractivity contribution in [3.63, 3.8) is 0 Å². The number of hydrogen-bond acceptors (Lipinski definition) is 2. The summed E-state index contributed by atoms with van der Waals surface area (Å²) >= 11 is 2.41. The molecule has 1 aromatic carbocycles. The Morgan fingerprint density at radius 3 is 2.94 bits per heavy atom. The Kier molecular flexibility index (Phi) is 3.30. The second-order valence-corrected chi connectivity index (χ2v) is 6.52. The number of rotatable bonds is 2. The van der Waals surface area contributed by atoms with Gasteiger partial charge in [-0.15, -0.1) is 0 Å². The molecule has 3 heteroatoms. The lowest BCUT2D eigenvalue weighted by Gasteiger charge is -2.36. The summed E-state index contributed by atoms with van der Waals surface area (Å²) in [6, 6.07) is 7.48. The molecule has 2 fully saturated rings. The molecule has 1 saturated heterocycles. The van der Waals surface area contributed by atoms with Crippen molar-refractivity contribution >= 4 is 28.3 Å². The van der Waals surface area contributed by atoms with E-state index in [1.807, 2.05) is 0 Å². The van der Waals surface area contributed by atoms with Crippen molar-refractivity contribution < 1.29 is 0 Å². The van der Waals surface area contributed by atoms with Crippen LogP contribution in [0.3, 0.4) is 0 Å². The summed E-state index contributed by atoms with van der Waals surface area (Å²) in [7, 11) is 0. The Hall–Kier alpha value is -0.290. The van der Waals surface area contributed by atoms with E-state index in [2.05, 4.69) is 57.9 Å². The Morgan fingerprint density at radius 2 is 2.18 bits per heavy atom. The van der Waals surface area contributed by atoms with Crippen molar-refractivity contribution in [2.24, 2.45) is 5.92 Å². The van der Waals surface area contributed by atoms with Crippen molar-refractivity contribution in [3.05, 3.63) is 27.3 Å². The second kappa shape index (κ2) is 4.76. The van der Waals surface area contributed by atoms with Crippen LogP contribution >= 0.6 is 22.6 Å². The summed E-state index contributed by atoms with van der Waals surface area (Å²) in [6.45, 7) is 5.68. The van der Waals surface area contributed by atoms with E-state index in [4.69, 9.17) is 0 Å². The monoisotopic (exact) mass is 342 g/mol. The van der Waals surface area contributed by atoms with Gasteiger partial charge in [0.1, 0.15) is 0 Å². The minimum Gasteiger partial charge on any atom is -0.368 e. The van der Waals surface area contributed by atoms with Gasteiger partial charge < -0.3 is 10.2 Å². The lowest BCUT2D eigenvalue weighted by Crippen LogP contribution is -2.52. The van der Waals surface area contributed by atoms with Gasteiger partial charge >= 0.3 is 0 Å². The average molecular weight is 342 g/mol. The van der Waals surface area contributed by atoms with Crippen molar-refractivity contribution in [3.8, 4) is 0 Å². The lowest BCUT2D eigenvalue weighted by atomic mass is 10.1. The van der Waals surface area contributed by atoms with E-state index in [1.165, 1.54) is 34.2 Å². The van der Waals surface area contributed by atoms with Gasteiger partial charge in [0.05, 0.1) is 0 Å². The summed E-state index contributed by atoms with van der Waals surface area (Å²) in [6.07, 6.45) is 2.85. The highest BCUT2D eigenvalue weighted by Crippen LogP contribution is 2.35. The fraction of sp³-hybridized carbons (Fsp3) is 0.571. The highest BCUT2D eigenvalue weighted by atomic mass is 127. The van der Waals surface area contributed by atoms with Crippen LogP contribution in [0.1, 0.15) is 18.4 Å². The van der Waals surface area contributed by atoms with Gasteiger partial charge in [-0.3, -0.25) is 0 Å². The summed E-state index contributed by atoms with van der Waals surface area (Å²) < 4.78 is 1.34. The third kappa shape index (κ3) is 2.60. The van der Waals surface area contributed by atoms with Crippen LogP contribution in [0.5, 0.6) is 0 Å². The lowest BCUT2D eigenvalue weighted by molar-refractivity contribution is 0.418. The number of hydrogen-bond donors (Lipinski definition) is 1. The Balaban J connectivity index is 1.79. The van der Waals surface area contributed by atoms with Gasteiger partial charge in [0.25, 0.3) is 0 Å². The van der Waals surface area contributed by atoms with Gasteiger partial charge in [0.15, 0.2) is 0 Å². The molecule has 2 aliphatic rings. The second-order valence-electron chi connectivity index (χ2n) is 5.27. The summed E-state index contributed by atoms with van der Waals surface area (Å²) in [5.74, 6) is 0.945. The number of benzene rings is 1. The minimum atomic E-state index is 0.723. The molecule has 1 aliphatic carbocycles. The van der Waals surface area contributed by atoms with Crippen LogP contribution in [0.4, 0.5) is 5.69 Å². The molecule has 0 bridgehead atoms. The third-order valence-corrected chi connectivity index (χ3v) is 4.58. The molecule has 0 aromatic heterocycles. The number of piperazine rings is 1. The first-order chi connectivity index (χ1) is 8.24. The molecule has 1 aliphatic heterocycles. The van der Waals surface area contributed by atoms with E-state index in [0.717, 1.165) is 25.0 Å². The molecule has 0 spiro atoms. The highest BCUT2D eigenvalue weighted by Gasteiger charge is 2.34. The molecule has 1 heterocycles. The van der Waals surface area contributed by atoms with Gasteiger partial charge in [0.2, 0.25) is 0 Å². The van der Waals surface area contributed by atoms with Crippen LogP contribution in [0.2, 0.25) is 0 Å². The zero-order valence-electron chi connectivity index (χ0n) is 10.2. The first kappa shape index (κ1) is 11.8. The molecule has 1 unspecified atom stereocenters. The largest absolute Gasteiger partial charge is 0.368 e. The van der Waals surface area contributed by atoms with Gasteiger partial charge in [-0.2, -0.15) is 0 Å². The third-order valence-electron chi connectivity index (χ3n) is 3.91. The maximum atomic E-state index is 3.67. The van der Waals surface area contributed by atoms with Crippen molar-refractivity contribution in [2.45, 2.75) is 25.8 Å². The van der Waals surface area contributed by atoms with Crippen LogP contribution in [0.15, 0.2) is 18.2 Å². The Bertz CT molecular complexity index is 415. The molecule has 1 atom stereocenters. The molecular weight excluding hydrogens is 323 g/mol.